The van der Waals surface area contributed by atoms with Crippen LogP contribution in [0.2, 0.25) is 0 Å². The minimum absolute atomic E-state index is 0.0172. The Kier molecular flexibility index (Phi) is 4.48. The number of carbonyl (C=O) groups excluding carboxylic acids is 1. The van der Waals surface area contributed by atoms with Gasteiger partial charge in [0.2, 0.25) is 0 Å². The van der Waals surface area contributed by atoms with Crippen molar-refractivity contribution in [3.8, 4) is 0 Å². The van der Waals surface area contributed by atoms with E-state index in [2.05, 4.69) is 4.98 Å². The number of nitrogens with zero attached hydrogens (tertiary/aromatic N) is 1. The Balaban J connectivity index is 2.24. The van der Waals surface area contributed by atoms with Gasteiger partial charge < -0.3 is 14.6 Å². The van der Waals surface area contributed by atoms with Gasteiger partial charge in [-0.3, -0.25) is 0 Å². The number of nitrogens with one attached hydrogen (secondary N) is 1. The van der Waals surface area contributed by atoms with Crippen molar-refractivity contribution in [3.05, 3.63) is 28.5 Å². The summed E-state index contributed by atoms with van der Waals surface area (Å²) in [5.74, 6) is 0. The SMILES string of the molecule is CC(C)(C)OC(=O)N1CCCCC1c1ccc[nH]c1=S. The molecule has 4 nitrogen and oxygen atoms in total. The van der Waals surface area contributed by atoms with Crippen molar-refractivity contribution >= 4 is 18.3 Å². The lowest BCUT2D eigenvalue weighted by Gasteiger charge is -2.36. The van der Waals surface area contributed by atoms with Crippen LogP contribution in [0.3, 0.4) is 0 Å². The Bertz CT molecular complexity index is 533. The maximum atomic E-state index is 12.4. The van der Waals surface area contributed by atoms with Gasteiger partial charge in [-0.1, -0.05) is 18.3 Å². The fourth-order valence-corrected chi connectivity index (χ4v) is 2.76. The van der Waals surface area contributed by atoms with Gasteiger partial charge in [0.1, 0.15) is 10.2 Å². The summed E-state index contributed by atoms with van der Waals surface area (Å²) in [6.45, 7) is 6.39. The highest BCUT2D eigenvalue weighted by Gasteiger charge is 2.31. The number of hydrogen-bond acceptors (Lipinski definition) is 3. The monoisotopic (exact) mass is 294 g/mol. The predicted octanol–water partition coefficient (Wildman–Crippen LogP) is 4.21. The van der Waals surface area contributed by atoms with Gasteiger partial charge in [-0.05, 0) is 46.1 Å². The van der Waals surface area contributed by atoms with E-state index in [1.165, 1.54) is 0 Å². The van der Waals surface area contributed by atoms with Gasteiger partial charge >= 0.3 is 6.09 Å². The first-order valence-electron chi connectivity index (χ1n) is 7.06. The lowest BCUT2D eigenvalue weighted by atomic mass is 9.97. The first-order valence-corrected chi connectivity index (χ1v) is 7.46. The molecule has 20 heavy (non-hydrogen) atoms. The van der Waals surface area contributed by atoms with E-state index in [9.17, 15) is 4.79 Å². The number of rotatable bonds is 1. The summed E-state index contributed by atoms with van der Waals surface area (Å²) < 4.78 is 6.21. The van der Waals surface area contributed by atoms with Crippen molar-refractivity contribution in [1.29, 1.82) is 0 Å². The van der Waals surface area contributed by atoms with E-state index in [0.29, 0.717) is 4.64 Å². The van der Waals surface area contributed by atoms with Crippen LogP contribution in [0.15, 0.2) is 18.3 Å². The van der Waals surface area contributed by atoms with E-state index in [1.54, 1.807) is 0 Å². The number of hydrogen-bond donors (Lipinski definition) is 1. The maximum Gasteiger partial charge on any atom is 0.410 e. The van der Waals surface area contributed by atoms with Crippen molar-refractivity contribution in [2.24, 2.45) is 0 Å². The molecule has 0 aliphatic carbocycles. The molecule has 2 rings (SSSR count). The van der Waals surface area contributed by atoms with Gasteiger partial charge in [-0.2, -0.15) is 0 Å². The highest BCUT2D eigenvalue weighted by atomic mass is 32.1. The molecule has 1 aromatic heterocycles. The summed E-state index contributed by atoms with van der Waals surface area (Å²) in [5.41, 5.74) is 0.534. The zero-order chi connectivity index (χ0) is 14.8. The molecule has 1 fully saturated rings. The fourth-order valence-electron chi connectivity index (χ4n) is 2.49. The highest BCUT2D eigenvalue weighted by molar-refractivity contribution is 7.71. The molecule has 1 unspecified atom stereocenters. The average molecular weight is 294 g/mol. The standard InChI is InChI=1S/C15H22N2O2S/c1-15(2,3)19-14(18)17-10-5-4-8-12(17)11-7-6-9-16-13(11)20/h6-7,9,12H,4-5,8,10H2,1-3H3,(H,16,20). The van der Waals surface area contributed by atoms with Crippen LogP contribution in [0.5, 0.6) is 0 Å². The molecule has 0 spiro atoms. The molecule has 1 aliphatic rings. The van der Waals surface area contributed by atoms with Crippen molar-refractivity contribution in [2.45, 2.75) is 51.7 Å². The lowest BCUT2D eigenvalue weighted by Crippen LogP contribution is -2.42. The van der Waals surface area contributed by atoms with Crippen LogP contribution < -0.4 is 0 Å². The molecule has 0 saturated carbocycles. The first kappa shape index (κ1) is 15.0. The number of pyridine rings is 1. The third kappa shape index (κ3) is 3.60. The Morgan fingerprint density at radius 2 is 2.20 bits per heavy atom. The van der Waals surface area contributed by atoms with Gasteiger partial charge in [0.05, 0.1) is 6.04 Å². The number of carbonyl (C=O) groups is 1. The number of aromatic nitrogens is 1. The molecule has 110 valence electrons. The topological polar surface area (TPSA) is 45.3 Å². The molecule has 1 aliphatic heterocycles. The van der Waals surface area contributed by atoms with Crippen molar-refractivity contribution < 1.29 is 9.53 Å². The zero-order valence-electron chi connectivity index (χ0n) is 12.3. The molecule has 5 heteroatoms. The summed E-state index contributed by atoms with van der Waals surface area (Å²) >= 11 is 5.35. The molecule has 0 bridgehead atoms. The van der Waals surface area contributed by atoms with Gasteiger partial charge in [-0.15, -0.1) is 0 Å². The van der Waals surface area contributed by atoms with Crippen molar-refractivity contribution in [1.82, 2.24) is 9.88 Å². The van der Waals surface area contributed by atoms with E-state index >= 15 is 0 Å². The number of piperidine rings is 1. The van der Waals surface area contributed by atoms with Gasteiger partial charge in [0, 0.05) is 18.3 Å². The highest BCUT2D eigenvalue weighted by Crippen LogP contribution is 2.32. The van der Waals surface area contributed by atoms with E-state index < -0.39 is 5.60 Å². The quantitative estimate of drug-likeness (QED) is 0.789. The summed E-state index contributed by atoms with van der Waals surface area (Å²) in [6, 6.07) is 3.93. The second-order valence-corrected chi connectivity index (χ2v) is 6.55. The molecule has 1 saturated heterocycles. The number of ether oxygens (including phenoxy) is 1. The van der Waals surface area contributed by atoms with E-state index in [0.717, 1.165) is 31.4 Å². The summed E-state index contributed by atoms with van der Waals surface area (Å²) in [4.78, 5) is 17.2. The van der Waals surface area contributed by atoms with Crippen LogP contribution in [0.1, 0.15) is 51.6 Å². The fraction of sp³-hybridized carbons (Fsp3) is 0.600. The molecular formula is C15H22N2O2S. The summed E-state index contributed by atoms with van der Waals surface area (Å²) in [6.07, 6.45) is 4.61. The van der Waals surface area contributed by atoms with Crippen LogP contribution in [-0.2, 0) is 4.74 Å². The molecular weight excluding hydrogens is 272 g/mol. The molecule has 1 aromatic rings. The molecule has 0 radical (unpaired) electrons. The molecule has 1 N–H and O–H groups in total. The second-order valence-electron chi connectivity index (χ2n) is 6.14. The molecule has 0 aromatic carbocycles. The van der Waals surface area contributed by atoms with Gasteiger partial charge in [0.25, 0.3) is 0 Å². The Morgan fingerprint density at radius 3 is 2.85 bits per heavy atom. The average Bonchev–Trinajstić information content (AvgIpc) is 2.37. The lowest BCUT2D eigenvalue weighted by molar-refractivity contribution is 0.00943. The Labute approximate surface area is 125 Å². The minimum Gasteiger partial charge on any atom is -0.444 e. The third-order valence-electron chi connectivity index (χ3n) is 3.34. The summed E-state index contributed by atoms with van der Waals surface area (Å²) in [5, 5.41) is 0. The molecule has 1 atom stereocenters. The smallest absolute Gasteiger partial charge is 0.410 e. The zero-order valence-corrected chi connectivity index (χ0v) is 13.1. The van der Waals surface area contributed by atoms with Crippen LogP contribution >= 0.6 is 12.2 Å². The van der Waals surface area contributed by atoms with Crippen LogP contribution in [-0.4, -0.2) is 28.1 Å². The number of H-pyrrole nitrogens is 1. The number of amides is 1. The van der Waals surface area contributed by atoms with Crippen molar-refractivity contribution in [2.75, 3.05) is 6.54 Å². The van der Waals surface area contributed by atoms with Gasteiger partial charge in [-0.25, -0.2) is 4.79 Å². The third-order valence-corrected chi connectivity index (χ3v) is 3.69. The van der Waals surface area contributed by atoms with Crippen molar-refractivity contribution in [3.63, 3.8) is 0 Å². The van der Waals surface area contributed by atoms with E-state index in [4.69, 9.17) is 17.0 Å². The number of aromatic amines is 1. The van der Waals surface area contributed by atoms with Crippen LogP contribution in [0.4, 0.5) is 4.79 Å². The maximum absolute atomic E-state index is 12.4. The van der Waals surface area contributed by atoms with Crippen LogP contribution in [0.25, 0.3) is 0 Å². The molecule has 2 heterocycles. The second kappa shape index (κ2) is 5.95. The minimum atomic E-state index is -0.474. The predicted molar refractivity (Wildman–Crippen MR) is 81.2 cm³/mol. The summed E-state index contributed by atoms with van der Waals surface area (Å²) in [7, 11) is 0. The van der Waals surface area contributed by atoms with E-state index in [-0.39, 0.29) is 12.1 Å². The van der Waals surface area contributed by atoms with Crippen LogP contribution in [0, 0.1) is 4.64 Å². The Hall–Kier alpha value is -1.36. The number of likely N-dealkylation sites (tertiary alicyclic amines) is 1. The largest absolute Gasteiger partial charge is 0.444 e. The van der Waals surface area contributed by atoms with E-state index in [1.807, 2.05) is 44.0 Å². The van der Waals surface area contributed by atoms with Gasteiger partial charge in [0.15, 0.2) is 0 Å². The Morgan fingerprint density at radius 1 is 1.45 bits per heavy atom. The first-order chi connectivity index (χ1) is 9.38. The molecule has 1 amide bonds. The normalized spacial score (nSPS) is 19.8.